The van der Waals surface area contributed by atoms with Gasteiger partial charge < -0.3 is 9.47 Å². The van der Waals surface area contributed by atoms with Crippen LogP contribution in [0.15, 0.2) is 18.2 Å². The van der Waals surface area contributed by atoms with Crippen molar-refractivity contribution in [2.75, 3.05) is 26.8 Å². The highest BCUT2D eigenvalue weighted by molar-refractivity contribution is 5.44. The Balaban J connectivity index is 3.11. The molecule has 0 aliphatic carbocycles. The zero-order chi connectivity index (χ0) is 14.3. The minimum atomic E-state index is -0.250. The first-order valence-electron chi connectivity index (χ1n) is 6.66. The van der Waals surface area contributed by atoms with Gasteiger partial charge in [-0.25, -0.2) is 0 Å². The summed E-state index contributed by atoms with van der Waals surface area (Å²) >= 11 is 0. The van der Waals surface area contributed by atoms with Crippen LogP contribution in [0.25, 0.3) is 0 Å². The molecule has 4 nitrogen and oxygen atoms in total. The fraction of sp³-hybridized carbons (Fsp3) is 0.533. The van der Waals surface area contributed by atoms with Gasteiger partial charge in [-0.2, -0.15) is 5.26 Å². The molecular formula is C15H22N2O2. The van der Waals surface area contributed by atoms with Gasteiger partial charge in [0.15, 0.2) is 11.5 Å². The first-order chi connectivity index (χ1) is 9.21. The van der Waals surface area contributed by atoms with Crippen LogP contribution in [0.5, 0.6) is 11.5 Å². The maximum absolute atomic E-state index is 9.40. The van der Waals surface area contributed by atoms with Crippen LogP contribution in [-0.4, -0.2) is 31.7 Å². The van der Waals surface area contributed by atoms with Crippen LogP contribution in [0.2, 0.25) is 0 Å². The Labute approximate surface area is 115 Å². The van der Waals surface area contributed by atoms with E-state index in [-0.39, 0.29) is 6.04 Å². The molecule has 0 spiro atoms. The van der Waals surface area contributed by atoms with Crippen LogP contribution in [0.3, 0.4) is 0 Å². The molecule has 4 heteroatoms. The first-order valence-corrected chi connectivity index (χ1v) is 6.66. The number of methoxy groups -OCH3 is 1. The van der Waals surface area contributed by atoms with E-state index in [2.05, 4.69) is 24.8 Å². The van der Waals surface area contributed by atoms with Crippen molar-refractivity contribution in [3.8, 4) is 17.6 Å². The highest BCUT2D eigenvalue weighted by Gasteiger charge is 2.19. The predicted molar refractivity (Wildman–Crippen MR) is 75.4 cm³/mol. The van der Waals surface area contributed by atoms with Crippen molar-refractivity contribution in [3.05, 3.63) is 23.8 Å². The van der Waals surface area contributed by atoms with Gasteiger partial charge in [0.1, 0.15) is 6.04 Å². The molecule has 19 heavy (non-hydrogen) atoms. The number of hydrogen-bond acceptors (Lipinski definition) is 4. The molecule has 1 aromatic rings. The minimum absolute atomic E-state index is 0.250. The third-order valence-electron chi connectivity index (χ3n) is 3.10. The second-order valence-electron chi connectivity index (χ2n) is 4.10. The Morgan fingerprint density at radius 1 is 1.21 bits per heavy atom. The van der Waals surface area contributed by atoms with E-state index >= 15 is 0 Å². The van der Waals surface area contributed by atoms with Crippen LogP contribution >= 0.6 is 0 Å². The van der Waals surface area contributed by atoms with Gasteiger partial charge in [0.2, 0.25) is 0 Å². The second-order valence-corrected chi connectivity index (χ2v) is 4.10. The molecule has 1 rings (SSSR count). The smallest absolute Gasteiger partial charge is 0.161 e. The Bertz CT molecular complexity index is 436. The molecule has 0 aromatic heterocycles. The van der Waals surface area contributed by atoms with Crippen molar-refractivity contribution in [1.29, 1.82) is 5.26 Å². The van der Waals surface area contributed by atoms with Crippen molar-refractivity contribution in [3.63, 3.8) is 0 Å². The summed E-state index contributed by atoms with van der Waals surface area (Å²) in [5, 5.41) is 9.40. The molecule has 1 aromatic carbocycles. The van der Waals surface area contributed by atoms with E-state index in [4.69, 9.17) is 9.47 Å². The SMILES string of the molecule is CCOc1cc(C(C#N)N(CC)CC)ccc1OC. The van der Waals surface area contributed by atoms with E-state index in [1.807, 2.05) is 25.1 Å². The monoisotopic (exact) mass is 262 g/mol. The number of nitrogens with zero attached hydrogens (tertiary/aromatic N) is 2. The Hall–Kier alpha value is -1.73. The number of ether oxygens (including phenoxy) is 2. The maximum Gasteiger partial charge on any atom is 0.161 e. The molecule has 0 aliphatic rings. The lowest BCUT2D eigenvalue weighted by Crippen LogP contribution is -2.27. The highest BCUT2D eigenvalue weighted by atomic mass is 16.5. The van der Waals surface area contributed by atoms with Crippen LogP contribution < -0.4 is 9.47 Å². The summed E-state index contributed by atoms with van der Waals surface area (Å²) < 4.78 is 10.8. The zero-order valence-electron chi connectivity index (χ0n) is 12.1. The molecule has 1 unspecified atom stereocenters. The maximum atomic E-state index is 9.40. The fourth-order valence-corrected chi connectivity index (χ4v) is 2.09. The molecule has 0 amide bonds. The van der Waals surface area contributed by atoms with Gasteiger partial charge in [-0.1, -0.05) is 19.9 Å². The molecule has 0 saturated carbocycles. The van der Waals surface area contributed by atoms with E-state index in [1.165, 1.54) is 0 Å². The van der Waals surface area contributed by atoms with Gasteiger partial charge in [-0.05, 0) is 37.7 Å². The van der Waals surface area contributed by atoms with Crippen LogP contribution in [0, 0.1) is 11.3 Å². The molecule has 0 N–H and O–H groups in total. The van der Waals surface area contributed by atoms with Crippen molar-refractivity contribution in [2.45, 2.75) is 26.8 Å². The lowest BCUT2D eigenvalue weighted by atomic mass is 10.1. The molecule has 0 heterocycles. The largest absolute Gasteiger partial charge is 0.493 e. The molecule has 1 atom stereocenters. The fourth-order valence-electron chi connectivity index (χ4n) is 2.09. The molecule has 0 radical (unpaired) electrons. The van der Waals surface area contributed by atoms with Gasteiger partial charge >= 0.3 is 0 Å². The third kappa shape index (κ3) is 3.62. The quantitative estimate of drug-likeness (QED) is 0.757. The number of nitriles is 1. The third-order valence-corrected chi connectivity index (χ3v) is 3.10. The second kappa shape index (κ2) is 7.65. The van der Waals surface area contributed by atoms with Gasteiger partial charge in [0.25, 0.3) is 0 Å². The van der Waals surface area contributed by atoms with Gasteiger partial charge in [-0.3, -0.25) is 4.90 Å². The Morgan fingerprint density at radius 3 is 2.37 bits per heavy atom. The molecule has 0 fully saturated rings. The predicted octanol–water partition coefficient (Wildman–Crippen LogP) is 3.00. The van der Waals surface area contributed by atoms with Crippen molar-refractivity contribution >= 4 is 0 Å². The summed E-state index contributed by atoms with van der Waals surface area (Å²) in [6.45, 7) is 8.29. The standard InChI is InChI=1S/C15H22N2O2/c1-5-17(6-2)13(11-16)12-8-9-14(18-4)15(10-12)19-7-3/h8-10,13H,5-7H2,1-4H3. The van der Waals surface area contributed by atoms with Gasteiger partial charge in [-0.15, -0.1) is 0 Å². The van der Waals surface area contributed by atoms with E-state index in [9.17, 15) is 5.26 Å². The Kier molecular flexibility index (Phi) is 6.17. The minimum Gasteiger partial charge on any atom is -0.493 e. The van der Waals surface area contributed by atoms with Crippen molar-refractivity contribution in [1.82, 2.24) is 4.90 Å². The molecule has 104 valence electrons. The zero-order valence-corrected chi connectivity index (χ0v) is 12.1. The summed E-state index contributed by atoms with van der Waals surface area (Å²) in [6, 6.07) is 7.78. The van der Waals surface area contributed by atoms with Gasteiger partial charge in [0, 0.05) is 0 Å². The van der Waals surface area contributed by atoms with Crippen molar-refractivity contribution in [2.24, 2.45) is 0 Å². The average Bonchev–Trinajstić information content (AvgIpc) is 2.45. The van der Waals surface area contributed by atoms with E-state index in [1.54, 1.807) is 7.11 Å². The van der Waals surface area contributed by atoms with Crippen LogP contribution in [0.4, 0.5) is 0 Å². The molecule has 0 bridgehead atoms. The lowest BCUT2D eigenvalue weighted by Gasteiger charge is -2.24. The van der Waals surface area contributed by atoms with Crippen LogP contribution in [0.1, 0.15) is 32.4 Å². The van der Waals surface area contributed by atoms with E-state index in [0.717, 1.165) is 18.7 Å². The van der Waals surface area contributed by atoms with E-state index in [0.29, 0.717) is 18.1 Å². The normalized spacial score (nSPS) is 12.0. The Morgan fingerprint density at radius 2 is 1.89 bits per heavy atom. The summed E-state index contributed by atoms with van der Waals surface area (Å²) in [4.78, 5) is 2.11. The molecular weight excluding hydrogens is 240 g/mol. The van der Waals surface area contributed by atoms with Crippen molar-refractivity contribution < 1.29 is 9.47 Å². The number of rotatable bonds is 7. The summed E-state index contributed by atoms with van der Waals surface area (Å²) in [5.74, 6) is 1.39. The summed E-state index contributed by atoms with van der Waals surface area (Å²) in [7, 11) is 1.61. The summed E-state index contributed by atoms with van der Waals surface area (Å²) in [6.07, 6.45) is 0. The summed E-state index contributed by atoms with van der Waals surface area (Å²) in [5.41, 5.74) is 0.940. The molecule has 0 saturated heterocycles. The number of hydrogen-bond donors (Lipinski definition) is 0. The van der Waals surface area contributed by atoms with Gasteiger partial charge in [0.05, 0.1) is 19.8 Å². The highest BCUT2D eigenvalue weighted by Crippen LogP contribution is 2.31. The lowest BCUT2D eigenvalue weighted by molar-refractivity contribution is 0.260. The molecule has 0 aliphatic heterocycles. The van der Waals surface area contributed by atoms with Crippen LogP contribution in [-0.2, 0) is 0 Å². The van der Waals surface area contributed by atoms with E-state index < -0.39 is 0 Å². The topological polar surface area (TPSA) is 45.5 Å². The first kappa shape index (κ1) is 15.3. The average molecular weight is 262 g/mol. The number of benzene rings is 1.